The summed E-state index contributed by atoms with van der Waals surface area (Å²) in [5, 5.41) is 10.1. The molecule has 0 spiro atoms. The van der Waals surface area contributed by atoms with Crippen LogP contribution in [0.25, 0.3) is 10.9 Å². The SMILES string of the molecule is CCCCOCCn1ccc2c(C#N)cccc21. The van der Waals surface area contributed by atoms with Gasteiger partial charge in [0.1, 0.15) is 0 Å². The monoisotopic (exact) mass is 242 g/mol. The molecule has 18 heavy (non-hydrogen) atoms. The van der Waals surface area contributed by atoms with Crippen LogP contribution in [0.4, 0.5) is 0 Å². The van der Waals surface area contributed by atoms with Crippen molar-refractivity contribution < 1.29 is 4.74 Å². The van der Waals surface area contributed by atoms with Gasteiger partial charge in [-0.05, 0) is 24.6 Å². The number of aromatic nitrogens is 1. The van der Waals surface area contributed by atoms with Crippen molar-refractivity contribution in [1.82, 2.24) is 4.57 Å². The third-order valence-electron chi connectivity index (χ3n) is 3.05. The molecule has 3 nitrogen and oxygen atoms in total. The number of hydrogen-bond donors (Lipinski definition) is 0. The number of rotatable bonds is 6. The molecule has 1 heterocycles. The Balaban J connectivity index is 2.04. The molecule has 0 aliphatic heterocycles. The van der Waals surface area contributed by atoms with Crippen LogP contribution in [0.15, 0.2) is 30.5 Å². The molecule has 2 rings (SSSR count). The average Bonchev–Trinajstić information content (AvgIpc) is 2.82. The highest BCUT2D eigenvalue weighted by Crippen LogP contribution is 2.19. The van der Waals surface area contributed by atoms with Crippen molar-refractivity contribution >= 4 is 10.9 Å². The molecule has 0 radical (unpaired) electrons. The summed E-state index contributed by atoms with van der Waals surface area (Å²) in [6, 6.07) is 10.0. The molecule has 0 fully saturated rings. The van der Waals surface area contributed by atoms with Crippen LogP contribution in [0.3, 0.4) is 0 Å². The standard InChI is InChI=1S/C15H18N2O/c1-2-3-10-18-11-9-17-8-7-14-13(12-16)5-4-6-15(14)17/h4-8H,2-3,9-11H2,1H3. The van der Waals surface area contributed by atoms with Gasteiger partial charge in [-0.3, -0.25) is 0 Å². The molecular weight excluding hydrogens is 224 g/mol. The molecule has 0 aliphatic carbocycles. The highest BCUT2D eigenvalue weighted by molar-refractivity contribution is 5.85. The van der Waals surface area contributed by atoms with Crippen molar-refractivity contribution in [3.8, 4) is 6.07 Å². The maximum atomic E-state index is 9.03. The van der Waals surface area contributed by atoms with Crippen LogP contribution in [0.5, 0.6) is 0 Å². The maximum Gasteiger partial charge on any atom is 0.0998 e. The second kappa shape index (κ2) is 6.23. The van der Waals surface area contributed by atoms with Crippen molar-refractivity contribution in [2.45, 2.75) is 26.3 Å². The van der Waals surface area contributed by atoms with E-state index < -0.39 is 0 Å². The van der Waals surface area contributed by atoms with Gasteiger partial charge in [-0.25, -0.2) is 0 Å². The molecule has 3 heteroatoms. The van der Waals surface area contributed by atoms with Crippen LogP contribution in [0.1, 0.15) is 25.3 Å². The third-order valence-corrected chi connectivity index (χ3v) is 3.05. The summed E-state index contributed by atoms with van der Waals surface area (Å²) >= 11 is 0. The fourth-order valence-corrected chi connectivity index (χ4v) is 2.03. The molecule has 0 amide bonds. The van der Waals surface area contributed by atoms with Crippen LogP contribution in [0, 0.1) is 11.3 Å². The van der Waals surface area contributed by atoms with Gasteiger partial charge in [0.05, 0.1) is 18.2 Å². The van der Waals surface area contributed by atoms with Crippen LogP contribution < -0.4 is 0 Å². The minimum Gasteiger partial charge on any atom is -0.380 e. The zero-order chi connectivity index (χ0) is 12.8. The van der Waals surface area contributed by atoms with Gasteiger partial charge in [0.15, 0.2) is 0 Å². The minimum absolute atomic E-state index is 0.723. The van der Waals surface area contributed by atoms with Gasteiger partial charge in [0.2, 0.25) is 0 Å². The average molecular weight is 242 g/mol. The fourth-order valence-electron chi connectivity index (χ4n) is 2.03. The zero-order valence-electron chi connectivity index (χ0n) is 10.7. The maximum absolute atomic E-state index is 9.03. The Morgan fingerprint density at radius 1 is 1.28 bits per heavy atom. The van der Waals surface area contributed by atoms with Crippen LogP contribution in [-0.4, -0.2) is 17.8 Å². The van der Waals surface area contributed by atoms with E-state index in [0.29, 0.717) is 0 Å². The first-order valence-electron chi connectivity index (χ1n) is 6.42. The van der Waals surface area contributed by atoms with Gasteiger partial charge >= 0.3 is 0 Å². The molecule has 0 atom stereocenters. The molecule has 1 aromatic carbocycles. The lowest BCUT2D eigenvalue weighted by Crippen LogP contribution is -2.05. The highest BCUT2D eigenvalue weighted by Gasteiger charge is 2.04. The van der Waals surface area contributed by atoms with E-state index in [4.69, 9.17) is 10.00 Å². The Labute approximate surface area is 108 Å². The van der Waals surface area contributed by atoms with Crippen LogP contribution in [0.2, 0.25) is 0 Å². The Hall–Kier alpha value is -1.79. The Morgan fingerprint density at radius 2 is 2.17 bits per heavy atom. The van der Waals surface area contributed by atoms with E-state index in [1.807, 2.05) is 30.5 Å². The van der Waals surface area contributed by atoms with Crippen molar-refractivity contribution in [2.75, 3.05) is 13.2 Å². The normalized spacial score (nSPS) is 10.7. The molecular formula is C15H18N2O. The molecule has 1 aromatic heterocycles. The van der Waals surface area contributed by atoms with Crippen LogP contribution in [-0.2, 0) is 11.3 Å². The first-order chi connectivity index (χ1) is 8.86. The van der Waals surface area contributed by atoms with Gasteiger partial charge in [-0.2, -0.15) is 5.26 Å². The van der Waals surface area contributed by atoms with Gasteiger partial charge in [-0.15, -0.1) is 0 Å². The van der Waals surface area contributed by atoms with E-state index in [9.17, 15) is 0 Å². The number of hydrogen-bond acceptors (Lipinski definition) is 2. The summed E-state index contributed by atoms with van der Waals surface area (Å²) < 4.78 is 7.71. The highest BCUT2D eigenvalue weighted by atomic mass is 16.5. The minimum atomic E-state index is 0.723. The Bertz CT molecular complexity index is 551. The van der Waals surface area contributed by atoms with Gasteiger partial charge < -0.3 is 9.30 Å². The van der Waals surface area contributed by atoms with E-state index in [1.165, 1.54) is 0 Å². The lowest BCUT2D eigenvalue weighted by molar-refractivity contribution is 0.124. The molecule has 2 aromatic rings. The molecule has 0 bridgehead atoms. The molecule has 0 saturated heterocycles. The fraction of sp³-hybridized carbons (Fsp3) is 0.400. The lowest BCUT2D eigenvalue weighted by atomic mass is 10.1. The van der Waals surface area contributed by atoms with E-state index >= 15 is 0 Å². The quantitative estimate of drug-likeness (QED) is 0.729. The molecule has 0 saturated carbocycles. The summed E-state index contributed by atoms with van der Waals surface area (Å²) in [7, 11) is 0. The summed E-state index contributed by atoms with van der Waals surface area (Å²) in [5.41, 5.74) is 1.84. The number of unbranched alkanes of at least 4 members (excludes halogenated alkanes) is 1. The lowest BCUT2D eigenvalue weighted by Gasteiger charge is -2.06. The number of nitrogens with zero attached hydrogens (tertiary/aromatic N) is 2. The van der Waals surface area contributed by atoms with E-state index in [1.54, 1.807) is 0 Å². The van der Waals surface area contributed by atoms with E-state index in [-0.39, 0.29) is 0 Å². The Kier molecular flexibility index (Phi) is 4.38. The predicted molar refractivity (Wildman–Crippen MR) is 72.4 cm³/mol. The smallest absolute Gasteiger partial charge is 0.0998 e. The van der Waals surface area contributed by atoms with E-state index in [2.05, 4.69) is 17.6 Å². The zero-order valence-corrected chi connectivity index (χ0v) is 10.7. The molecule has 0 aliphatic rings. The summed E-state index contributed by atoms with van der Waals surface area (Å²) in [6.07, 6.45) is 4.30. The van der Waals surface area contributed by atoms with Crippen LogP contribution >= 0.6 is 0 Å². The van der Waals surface area contributed by atoms with Crippen molar-refractivity contribution in [2.24, 2.45) is 0 Å². The number of ether oxygens (including phenoxy) is 1. The number of fused-ring (bicyclic) bond motifs is 1. The number of nitriles is 1. The predicted octanol–water partition coefficient (Wildman–Crippen LogP) is 3.33. The second-order valence-corrected chi connectivity index (χ2v) is 4.33. The number of benzene rings is 1. The largest absolute Gasteiger partial charge is 0.380 e. The van der Waals surface area contributed by atoms with Gasteiger partial charge in [-0.1, -0.05) is 19.4 Å². The van der Waals surface area contributed by atoms with Gasteiger partial charge in [0, 0.05) is 30.3 Å². The van der Waals surface area contributed by atoms with E-state index in [0.717, 1.165) is 49.1 Å². The topological polar surface area (TPSA) is 38.0 Å². The molecule has 94 valence electrons. The summed E-state index contributed by atoms with van der Waals surface area (Å²) in [5.74, 6) is 0. The Morgan fingerprint density at radius 3 is 2.94 bits per heavy atom. The van der Waals surface area contributed by atoms with Crippen molar-refractivity contribution in [3.63, 3.8) is 0 Å². The summed E-state index contributed by atoms with van der Waals surface area (Å²) in [6.45, 7) is 4.55. The summed E-state index contributed by atoms with van der Waals surface area (Å²) in [4.78, 5) is 0. The third kappa shape index (κ3) is 2.72. The first-order valence-corrected chi connectivity index (χ1v) is 6.42. The van der Waals surface area contributed by atoms with Crippen molar-refractivity contribution in [3.05, 3.63) is 36.0 Å². The molecule has 0 unspecified atom stereocenters. The second-order valence-electron chi connectivity index (χ2n) is 4.33. The first kappa shape index (κ1) is 12.7. The van der Waals surface area contributed by atoms with Gasteiger partial charge in [0.25, 0.3) is 0 Å². The van der Waals surface area contributed by atoms with Crippen molar-refractivity contribution in [1.29, 1.82) is 5.26 Å². The molecule has 0 N–H and O–H groups in total.